The van der Waals surface area contributed by atoms with Crippen LogP contribution >= 0.6 is 0 Å². The first-order chi connectivity index (χ1) is 11.1. The molecule has 0 bridgehead atoms. The van der Waals surface area contributed by atoms with Crippen molar-refractivity contribution in [2.45, 2.75) is 6.92 Å². The van der Waals surface area contributed by atoms with Crippen LogP contribution in [0.15, 0.2) is 64.0 Å². The largest absolute Gasteiger partial charge is 0.456 e. The quantitative estimate of drug-likeness (QED) is 0.788. The average Bonchev–Trinajstić information content (AvgIpc) is 2.55. The summed E-state index contributed by atoms with van der Waals surface area (Å²) in [6, 6.07) is 18.5. The minimum absolute atomic E-state index is 0.809. The Kier molecular flexibility index (Phi) is 4.58. The van der Waals surface area contributed by atoms with E-state index in [4.69, 9.17) is 9.41 Å². The van der Waals surface area contributed by atoms with Crippen molar-refractivity contribution in [3.8, 4) is 11.3 Å². The fourth-order valence-corrected chi connectivity index (χ4v) is 2.56. The lowest BCUT2D eigenvalue weighted by Gasteiger charge is -2.07. The Morgan fingerprint density at radius 1 is 1.00 bits per heavy atom. The Morgan fingerprint density at radius 3 is 2.52 bits per heavy atom. The molecule has 1 aromatic heterocycles. The number of hydrogen-bond donors (Lipinski definition) is 1. The summed E-state index contributed by atoms with van der Waals surface area (Å²) >= 11 is 0. The molecule has 3 rings (SSSR count). The highest BCUT2D eigenvalue weighted by molar-refractivity contribution is 5.79. The van der Waals surface area contributed by atoms with Gasteiger partial charge in [-0.05, 0) is 19.1 Å². The number of nitrogens with zero attached hydrogens (tertiary/aromatic N) is 1. The van der Waals surface area contributed by atoms with E-state index in [1.165, 1.54) is 10.5 Å². The molecule has 3 aromatic rings. The first-order valence-electron chi connectivity index (χ1n) is 8.03. The van der Waals surface area contributed by atoms with Crippen molar-refractivity contribution >= 4 is 11.0 Å². The van der Waals surface area contributed by atoms with Gasteiger partial charge >= 0.3 is 0 Å². The number of hydrogen-bond acceptors (Lipinski definition) is 2. The Labute approximate surface area is 136 Å². The van der Waals surface area contributed by atoms with Crippen LogP contribution in [0.4, 0.5) is 0 Å². The van der Waals surface area contributed by atoms with Crippen LogP contribution in [-0.4, -0.2) is 27.2 Å². The molecule has 0 unspecified atom stereocenters. The van der Waals surface area contributed by atoms with E-state index in [-0.39, 0.29) is 0 Å². The Hall–Kier alpha value is -2.39. The van der Waals surface area contributed by atoms with E-state index in [1.807, 2.05) is 24.3 Å². The molecule has 0 saturated carbocycles. The van der Waals surface area contributed by atoms with E-state index in [2.05, 4.69) is 51.4 Å². The summed E-state index contributed by atoms with van der Waals surface area (Å²) in [7, 11) is 4.29. The van der Waals surface area contributed by atoms with Crippen LogP contribution in [0, 0.1) is 6.92 Å². The van der Waals surface area contributed by atoms with Gasteiger partial charge in [0.05, 0.1) is 32.5 Å². The minimum Gasteiger partial charge on any atom is -0.456 e. The maximum absolute atomic E-state index is 6.11. The van der Waals surface area contributed by atoms with Gasteiger partial charge in [-0.15, -0.1) is 0 Å². The van der Waals surface area contributed by atoms with Crippen molar-refractivity contribution in [1.82, 2.24) is 0 Å². The molecule has 1 heterocycles. The van der Waals surface area contributed by atoms with Gasteiger partial charge in [-0.2, -0.15) is 0 Å². The van der Waals surface area contributed by atoms with Crippen LogP contribution < -0.4 is 10.3 Å². The normalized spacial score (nSPS) is 12.3. The van der Waals surface area contributed by atoms with Gasteiger partial charge in [0, 0.05) is 17.0 Å². The second-order valence-electron chi connectivity index (χ2n) is 6.20. The summed E-state index contributed by atoms with van der Waals surface area (Å²) in [4.78, 5) is 6.22. The van der Waals surface area contributed by atoms with Gasteiger partial charge in [0.25, 0.3) is 0 Å². The Bertz CT molecular complexity index is 864. The monoisotopic (exact) mass is 307 g/mol. The van der Waals surface area contributed by atoms with Crippen molar-refractivity contribution in [1.29, 1.82) is 0 Å². The van der Waals surface area contributed by atoms with Crippen molar-refractivity contribution in [3.63, 3.8) is 0 Å². The SMILES string of the molecule is Cc1ccc2oc(-c3ccccc3)cc(=NCC[NH+](C)C)c2c1. The maximum atomic E-state index is 6.11. The second-order valence-corrected chi connectivity index (χ2v) is 6.20. The molecule has 0 amide bonds. The Balaban J connectivity index is 2.16. The first-order valence-corrected chi connectivity index (χ1v) is 8.03. The van der Waals surface area contributed by atoms with Crippen LogP contribution in [0.25, 0.3) is 22.3 Å². The van der Waals surface area contributed by atoms with E-state index in [1.54, 1.807) is 0 Å². The fourth-order valence-electron chi connectivity index (χ4n) is 2.56. The van der Waals surface area contributed by atoms with Gasteiger partial charge in [0.15, 0.2) is 0 Å². The van der Waals surface area contributed by atoms with E-state index in [0.717, 1.165) is 40.7 Å². The van der Waals surface area contributed by atoms with Crippen molar-refractivity contribution in [2.75, 3.05) is 27.2 Å². The van der Waals surface area contributed by atoms with Gasteiger partial charge in [-0.3, -0.25) is 4.99 Å². The van der Waals surface area contributed by atoms with Gasteiger partial charge in [0.1, 0.15) is 11.3 Å². The second kappa shape index (κ2) is 6.80. The molecule has 0 aliphatic carbocycles. The number of aryl methyl sites for hydroxylation is 1. The molecule has 1 N–H and O–H groups in total. The maximum Gasteiger partial charge on any atom is 0.136 e. The molecule has 2 aromatic carbocycles. The number of quaternary nitrogens is 1. The molecule has 0 aliphatic heterocycles. The highest BCUT2D eigenvalue weighted by Crippen LogP contribution is 2.22. The third kappa shape index (κ3) is 3.69. The zero-order chi connectivity index (χ0) is 16.2. The topological polar surface area (TPSA) is 29.9 Å². The van der Waals surface area contributed by atoms with E-state index < -0.39 is 0 Å². The zero-order valence-electron chi connectivity index (χ0n) is 14.0. The summed E-state index contributed by atoms with van der Waals surface area (Å²) in [5.41, 5.74) is 3.17. The van der Waals surface area contributed by atoms with Crippen LogP contribution in [0.2, 0.25) is 0 Å². The standard InChI is InChI=1S/C20H22N2O/c1-15-9-10-19-17(13-15)18(21-11-12-22(2)3)14-20(23-19)16-7-5-4-6-8-16/h4-10,13-14H,11-12H2,1-3H3/p+1. The average molecular weight is 307 g/mol. The number of fused-ring (bicyclic) bond motifs is 1. The molecule has 23 heavy (non-hydrogen) atoms. The summed E-state index contributed by atoms with van der Waals surface area (Å²) in [5, 5.41) is 2.09. The predicted molar refractivity (Wildman–Crippen MR) is 94.5 cm³/mol. The lowest BCUT2D eigenvalue weighted by atomic mass is 10.1. The number of rotatable bonds is 4. The summed E-state index contributed by atoms with van der Waals surface area (Å²) in [6.45, 7) is 3.92. The zero-order valence-corrected chi connectivity index (χ0v) is 14.0. The van der Waals surface area contributed by atoms with Gasteiger partial charge in [-0.25, -0.2) is 0 Å². The molecule has 0 atom stereocenters. The van der Waals surface area contributed by atoms with Crippen molar-refractivity contribution in [3.05, 3.63) is 65.5 Å². The molecule has 0 fully saturated rings. The fraction of sp³-hybridized carbons (Fsp3) is 0.250. The predicted octanol–water partition coefficient (Wildman–Crippen LogP) is 2.45. The van der Waals surface area contributed by atoms with Crippen molar-refractivity contribution < 1.29 is 9.32 Å². The third-order valence-corrected chi connectivity index (χ3v) is 3.85. The van der Waals surface area contributed by atoms with E-state index in [9.17, 15) is 0 Å². The molecule has 0 saturated heterocycles. The number of benzene rings is 2. The van der Waals surface area contributed by atoms with Gasteiger partial charge in [0.2, 0.25) is 0 Å². The third-order valence-electron chi connectivity index (χ3n) is 3.85. The van der Waals surface area contributed by atoms with Gasteiger partial charge in [-0.1, -0.05) is 42.0 Å². The molecule has 3 heteroatoms. The lowest BCUT2D eigenvalue weighted by molar-refractivity contribution is -0.856. The van der Waals surface area contributed by atoms with Crippen LogP contribution in [0.5, 0.6) is 0 Å². The molecule has 0 radical (unpaired) electrons. The van der Waals surface area contributed by atoms with Crippen LogP contribution in [-0.2, 0) is 0 Å². The molecule has 0 aliphatic rings. The lowest BCUT2D eigenvalue weighted by Crippen LogP contribution is -3.06. The molecule has 0 spiro atoms. The number of nitrogens with one attached hydrogen (secondary N) is 1. The number of likely N-dealkylation sites (N-methyl/N-ethyl adjacent to an activating group) is 1. The van der Waals surface area contributed by atoms with E-state index in [0.29, 0.717) is 0 Å². The van der Waals surface area contributed by atoms with Crippen LogP contribution in [0.3, 0.4) is 0 Å². The molecular formula is C20H23N2O+. The molecule has 118 valence electrons. The smallest absolute Gasteiger partial charge is 0.136 e. The summed E-state index contributed by atoms with van der Waals surface area (Å²) in [5.74, 6) is 0.859. The summed E-state index contributed by atoms with van der Waals surface area (Å²) < 4.78 is 6.11. The highest BCUT2D eigenvalue weighted by Gasteiger charge is 2.06. The Morgan fingerprint density at radius 2 is 1.78 bits per heavy atom. The highest BCUT2D eigenvalue weighted by atomic mass is 16.3. The molecular weight excluding hydrogens is 284 g/mol. The van der Waals surface area contributed by atoms with Crippen molar-refractivity contribution in [2.24, 2.45) is 4.99 Å². The molecule has 3 nitrogen and oxygen atoms in total. The first kappa shape index (κ1) is 15.5. The minimum atomic E-state index is 0.809. The van der Waals surface area contributed by atoms with Crippen LogP contribution in [0.1, 0.15) is 5.56 Å². The van der Waals surface area contributed by atoms with Gasteiger partial charge < -0.3 is 9.32 Å². The summed E-state index contributed by atoms with van der Waals surface area (Å²) in [6.07, 6.45) is 0. The van der Waals surface area contributed by atoms with E-state index >= 15 is 0 Å².